The van der Waals surface area contributed by atoms with Gasteiger partial charge < -0.3 is 10.0 Å². The topological polar surface area (TPSA) is 90.8 Å². The van der Waals surface area contributed by atoms with Crippen LogP contribution in [0.3, 0.4) is 0 Å². The number of nitrogens with one attached hydrogen (secondary N) is 1. The van der Waals surface area contributed by atoms with Gasteiger partial charge in [-0.05, 0) is 42.4 Å². The van der Waals surface area contributed by atoms with E-state index in [1.165, 1.54) is 19.3 Å². The van der Waals surface area contributed by atoms with Gasteiger partial charge in [0.1, 0.15) is 11.4 Å². The van der Waals surface area contributed by atoms with Crippen LogP contribution in [0.1, 0.15) is 19.3 Å². The zero-order valence-electron chi connectivity index (χ0n) is 14.3. The number of benzene rings is 1. The van der Waals surface area contributed by atoms with Crippen molar-refractivity contribution in [2.24, 2.45) is 11.8 Å². The van der Waals surface area contributed by atoms with Crippen molar-refractivity contribution in [3.8, 4) is 28.1 Å². The maximum absolute atomic E-state index is 10.4. The summed E-state index contributed by atoms with van der Waals surface area (Å²) in [6, 6.07) is 5.47. The van der Waals surface area contributed by atoms with Crippen molar-refractivity contribution in [3.63, 3.8) is 0 Å². The lowest BCUT2D eigenvalue weighted by Crippen LogP contribution is -2.23. The van der Waals surface area contributed by atoms with E-state index in [-0.39, 0.29) is 5.75 Å². The minimum absolute atomic E-state index is 0.156. The van der Waals surface area contributed by atoms with Crippen molar-refractivity contribution in [1.82, 2.24) is 25.4 Å². The van der Waals surface area contributed by atoms with E-state index in [1.54, 1.807) is 24.7 Å². The summed E-state index contributed by atoms with van der Waals surface area (Å²) in [4.78, 5) is 6.75. The van der Waals surface area contributed by atoms with E-state index in [9.17, 15) is 5.11 Å². The SMILES string of the molecule is Oc1cc(-c2cn[nH]c2)ccc1-c1cnc(N2CC3CCCC3C2)nn1. The van der Waals surface area contributed by atoms with Gasteiger partial charge in [-0.3, -0.25) is 5.10 Å². The number of aromatic amines is 1. The van der Waals surface area contributed by atoms with E-state index in [2.05, 4.69) is 30.3 Å². The van der Waals surface area contributed by atoms with Crippen LogP contribution in [0.4, 0.5) is 5.95 Å². The third-order valence-electron chi connectivity index (χ3n) is 5.66. The highest BCUT2D eigenvalue weighted by Crippen LogP contribution is 2.39. The molecule has 2 N–H and O–H groups in total. The molecule has 7 heteroatoms. The lowest BCUT2D eigenvalue weighted by atomic mass is 10.0. The Bertz CT molecular complexity index is 896. The van der Waals surface area contributed by atoms with Crippen molar-refractivity contribution in [2.75, 3.05) is 18.0 Å². The fourth-order valence-corrected chi connectivity index (χ4v) is 4.27. The third kappa shape index (κ3) is 2.60. The van der Waals surface area contributed by atoms with Crippen LogP contribution in [0.15, 0.2) is 36.8 Å². The average molecular weight is 348 g/mol. The fourth-order valence-electron chi connectivity index (χ4n) is 4.27. The number of anilines is 1. The van der Waals surface area contributed by atoms with Crippen LogP contribution in [-0.2, 0) is 0 Å². The molecule has 3 aromatic rings. The molecule has 5 rings (SSSR count). The highest BCUT2D eigenvalue weighted by atomic mass is 16.3. The van der Waals surface area contributed by atoms with Crippen LogP contribution in [0.5, 0.6) is 5.75 Å². The van der Waals surface area contributed by atoms with Crippen LogP contribution < -0.4 is 4.90 Å². The van der Waals surface area contributed by atoms with Gasteiger partial charge in [-0.2, -0.15) is 5.10 Å². The average Bonchev–Trinajstić information content (AvgIpc) is 3.39. The number of phenolic OH excluding ortho intramolecular Hbond substituents is 1. The van der Waals surface area contributed by atoms with Gasteiger partial charge in [-0.25, -0.2) is 4.98 Å². The lowest BCUT2D eigenvalue weighted by molar-refractivity contribution is 0.477. The Hall–Kier alpha value is -2.96. The number of hydrogen-bond donors (Lipinski definition) is 2. The summed E-state index contributed by atoms with van der Waals surface area (Å²) in [7, 11) is 0. The maximum atomic E-state index is 10.4. The van der Waals surface area contributed by atoms with Crippen LogP contribution in [-0.4, -0.2) is 43.6 Å². The predicted molar refractivity (Wildman–Crippen MR) is 97.6 cm³/mol. The number of aromatic nitrogens is 5. The van der Waals surface area contributed by atoms with E-state index in [0.29, 0.717) is 17.2 Å². The van der Waals surface area contributed by atoms with Crippen molar-refractivity contribution in [1.29, 1.82) is 0 Å². The molecule has 132 valence electrons. The minimum atomic E-state index is 0.156. The number of fused-ring (bicyclic) bond motifs is 1. The largest absolute Gasteiger partial charge is 0.507 e. The highest BCUT2D eigenvalue weighted by molar-refractivity contribution is 5.73. The first kappa shape index (κ1) is 15.3. The summed E-state index contributed by atoms with van der Waals surface area (Å²) in [5, 5.41) is 25.7. The molecule has 1 aromatic carbocycles. The van der Waals surface area contributed by atoms with Crippen molar-refractivity contribution < 1.29 is 5.11 Å². The van der Waals surface area contributed by atoms with E-state index >= 15 is 0 Å². The van der Waals surface area contributed by atoms with Gasteiger partial charge >= 0.3 is 0 Å². The van der Waals surface area contributed by atoms with Crippen molar-refractivity contribution >= 4 is 5.95 Å². The number of aromatic hydroxyl groups is 1. The Labute approximate surface area is 151 Å². The van der Waals surface area contributed by atoms with Gasteiger partial charge in [0, 0.05) is 30.4 Å². The molecule has 0 amide bonds. The summed E-state index contributed by atoms with van der Waals surface area (Å²) >= 11 is 0. The number of H-pyrrole nitrogens is 1. The molecule has 7 nitrogen and oxygen atoms in total. The van der Waals surface area contributed by atoms with Crippen molar-refractivity contribution in [3.05, 3.63) is 36.8 Å². The number of hydrogen-bond acceptors (Lipinski definition) is 6. The third-order valence-corrected chi connectivity index (χ3v) is 5.66. The normalized spacial score (nSPS) is 21.9. The molecule has 0 spiro atoms. The minimum Gasteiger partial charge on any atom is -0.507 e. The summed E-state index contributed by atoms with van der Waals surface area (Å²) in [5.41, 5.74) is 3.01. The van der Waals surface area contributed by atoms with Crippen LogP contribution in [0, 0.1) is 11.8 Å². The van der Waals surface area contributed by atoms with E-state index in [4.69, 9.17) is 0 Å². The molecule has 1 saturated carbocycles. The standard InChI is InChI=1S/C19H20N6O/c26-18-6-12(15-7-21-22-8-15)4-5-16(18)17-9-20-19(24-23-17)25-10-13-2-1-3-14(13)11-25/h4-9,13-14,26H,1-3,10-11H2,(H,21,22). The molecule has 0 bridgehead atoms. The molecule has 2 fully saturated rings. The quantitative estimate of drug-likeness (QED) is 0.756. The summed E-state index contributed by atoms with van der Waals surface area (Å²) in [6.07, 6.45) is 9.21. The lowest BCUT2D eigenvalue weighted by Gasteiger charge is -2.16. The summed E-state index contributed by atoms with van der Waals surface area (Å²) < 4.78 is 0. The first-order chi connectivity index (χ1) is 12.8. The molecule has 2 aliphatic rings. The van der Waals surface area contributed by atoms with Gasteiger partial charge in [0.25, 0.3) is 0 Å². The molecule has 1 saturated heterocycles. The first-order valence-corrected chi connectivity index (χ1v) is 9.05. The Morgan fingerprint density at radius 1 is 1.04 bits per heavy atom. The van der Waals surface area contributed by atoms with Crippen molar-refractivity contribution in [2.45, 2.75) is 19.3 Å². The molecule has 26 heavy (non-hydrogen) atoms. The zero-order valence-corrected chi connectivity index (χ0v) is 14.3. The van der Waals surface area contributed by atoms with Crippen LogP contribution in [0.2, 0.25) is 0 Å². The van der Waals surface area contributed by atoms with E-state index in [1.807, 2.05) is 12.1 Å². The molecule has 2 aromatic heterocycles. The number of nitrogens with zero attached hydrogens (tertiary/aromatic N) is 5. The van der Waals surface area contributed by atoms with E-state index < -0.39 is 0 Å². The molecular weight excluding hydrogens is 328 g/mol. The predicted octanol–water partition coefficient (Wildman–Crippen LogP) is 2.87. The second-order valence-corrected chi connectivity index (χ2v) is 7.22. The number of phenols is 1. The molecule has 0 radical (unpaired) electrons. The Morgan fingerprint density at radius 2 is 1.88 bits per heavy atom. The molecule has 1 aliphatic carbocycles. The summed E-state index contributed by atoms with van der Waals surface area (Å²) in [5.74, 6) is 2.43. The first-order valence-electron chi connectivity index (χ1n) is 9.05. The number of rotatable bonds is 3. The van der Waals surface area contributed by atoms with Crippen LogP contribution >= 0.6 is 0 Å². The smallest absolute Gasteiger partial charge is 0.245 e. The maximum Gasteiger partial charge on any atom is 0.245 e. The molecule has 2 unspecified atom stereocenters. The summed E-state index contributed by atoms with van der Waals surface area (Å²) in [6.45, 7) is 2.08. The van der Waals surface area contributed by atoms with Crippen LogP contribution in [0.25, 0.3) is 22.4 Å². The Balaban J connectivity index is 1.37. The van der Waals surface area contributed by atoms with Gasteiger partial charge in [-0.15, -0.1) is 10.2 Å². The second-order valence-electron chi connectivity index (χ2n) is 7.22. The second kappa shape index (κ2) is 6.09. The fraction of sp³-hybridized carbons (Fsp3) is 0.368. The molecule has 2 atom stereocenters. The Kier molecular flexibility index (Phi) is 3.58. The highest BCUT2D eigenvalue weighted by Gasteiger charge is 2.37. The van der Waals surface area contributed by atoms with Gasteiger partial charge in [0.2, 0.25) is 5.95 Å². The molecule has 1 aliphatic heterocycles. The Morgan fingerprint density at radius 3 is 2.54 bits per heavy atom. The van der Waals surface area contributed by atoms with Gasteiger partial charge in [0.05, 0.1) is 12.4 Å². The monoisotopic (exact) mass is 348 g/mol. The van der Waals surface area contributed by atoms with Gasteiger partial charge in [-0.1, -0.05) is 12.5 Å². The van der Waals surface area contributed by atoms with E-state index in [0.717, 1.165) is 36.1 Å². The van der Waals surface area contributed by atoms with Gasteiger partial charge in [0.15, 0.2) is 0 Å². The zero-order chi connectivity index (χ0) is 17.5. The molecular formula is C19H20N6O. The molecule has 3 heterocycles.